The first kappa shape index (κ1) is 17.1. The van der Waals surface area contributed by atoms with E-state index in [4.69, 9.17) is 5.11 Å². The molecule has 5 heteroatoms. The van der Waals surface area contributed by atoms with Crippen LogP contribution in [-0.2, 0) is 16.0 Å². The molecule has 0 fully saturated rings. The van der Waals surface area contributed by atoms with Crippen LogP contribution < -0.4 is 5.32 Å². The lowest BCUT2D eigenvalue weighted by atomic mass is 10.1. The first-order chi connectivity index (χ1) is 11.0. The highest BCUT2D eigenvalue weighted by Gasteiger charge is 2.04. The van der Waals surface area contributed by atoms with E-state index in [-0.39, 0.29) is 12.3 Å². The molecule has 0 bridgehead atoms. The van der Waals surface area contributed by atoms with Gasteiger partial charge < -0.3 is 10.4 Å². The number of rotatable bonds is 7. The summed E-state index contributed by atoms with van der Waals surface area (Å²) in [6.07, 6.45) is 0.603. The van der Waals surface area contributed by atoms with Crippen LogP contribution in [0.3, 0.4) is 0 Å². The minimum atomic E-state index is -0.810. The Kier molecular flexibility index (Phi) is 6.23. The zero-order valence-corrected chi connectivity index (χ0v) is 13.7. The van der Waals surface area contributed by atoms with E-state index >= 15 is 0 Å². The summed E-state index contributed by atoms with van der Waals surface area (Å²) in [5, 5.41) is 11.5. The van der Waals surface area contributed by atoms with Gasteiger partial charge in [0.25, 0.3) is 0 Å². The molecule has 1 amide bonds. The highest BCUT2D eigenvalue weighted by Crippen LogP contribution is 2.19. The molecule has 0 aromatic heterocycles. The van der Waals surface area contributed by atoms with Crippen LogP contribution in [0.25, 0.3) is 0 Å². The molecule has 4 nitrogen and oxygen atoms in total. The molecule has 0 spiro atoms. The van der Waals surface area contributed by atoms with Crippen molar-refractivity contribution < 1.29 is 14.7 Å². The van der Waals surface area contributed by atoms with Crippen molar-refractivity contribution >= 4 is 29.3 Å². The van der Waals surface area contributed by atoms with Crippen LogP contribution in [0.2, 0.25) is 0 Å². The Labute approximate surface area is 139 Å². The Balaban J connectivity index is 1.80. The average molecular weight is 329 g/mol. The van der Waals surface area contributed by atoms with E-state index in [0.29, 0.717) is 12.2 Å². The number of carbonyl (C=O) groups excluding carboxylic acids is 1. The van der Waals surface area contributed by atoms with Gasteiger partial charge in [0.1, 0.15) is 0 Å². The van der Waals surface area contributed by atoms with E-state index in [9.17, 15) is 9.59 Å². The molecule has 0 heterocycles. The highest BCUT2D eigenvalue weighted by molar-refractivity contribution is 8.00. The molecule has 0 aliphatic carbocycles. The first-order valence-corrected chi connectivity index (χ1v) is 8.31. The number of hydrogen-bond acceptors (Lipinski definition) is 3. The number of nitrogens with one attached hydrogen (secondary N) is 1. The molecule has 2 aromatic carbocycles. The minimum Gasteiger partial charge on any atom is -0.481 e. The van der Waals surface area contributed by atoms with Crippen molar-refractivity contribution in [2.75, 3.05) is 11.1 Å². The van der Waals surface area contributed by atoms with Crippen LogP contribution >= 0.6 is 11.8 Å². The number of amides is 1. The smallest absolute Gasteiger partial charge is 0.303 e. The Morgan fingerprint density at radius 3 is 2.30 bits per heavy atom. The van der Waals surface area contributed by atoms with Gasteiger partial charge in [-0.15, -0.1) is 11.8 Å². The molecule has 0 saturated heterocycles. The number of thioether (sulfide) groups is 1. The second-order valence-electron chi connectivity index (χ2n) is 5.24. The monoisotopic (exact) mass is 329 g/mol. The van der Waals surface area contributed by atoms with Gasteiger partial charge in [0.15, 0.2) is 0 Å². The lowest BCUT2D eigenvalue weighted by Gasteiger charge is -2.06. The first-order valence-electron chi connectivity index (χ1n) is 7.33. The summed E-state index contributed by atoms with van der Waals surface area (Å²) in [7, 11) is 0. The van der Waals surface area contributed by atoms with Gasteiger partial charge in [-0.2, -0.15) is 0 Å². The van der Waals surface area contributed by atoms with Crippen molar-refractivity contribution in [3.8, 4) is 0 Å². The average Bonchev–Trinajstić information content (AvgIpc) is 2.53. The van der Waals surface area contributed by atoms with Crippen molar-refractivity contribution in [2.24, 2.45) is 0 Å². The van der Waals surface area contributed by atoms with Gasteiger partial charge in [-0.25, -0.2) is 0 Å². The fourth-order valence-corrected chi connectivity index (χ4v) is 2.68. The van der Waals surface area contributed by atoms with E-state index in [0.717, 1.165) is 16.1 Å². The predicted octanol–water partition coefficient (Wildman–Crippen LogP) is 3.74. The lowest BCUT2D eigenvalue weighted by molar-refractivity contribution is -0.137. The van der Waals surface area contributed by atoms with E-state index in [1.54, 1.807) is 12.1 Å². The molecule has 0 atom stereocenters. The summed E-state index contributed by atoms with van der Waals surface area (Å²) in [4.78, 5) is 23.5. The molecule has 2 aromatic rings. The molecule has 0 aliphatic rings. The molecule has 0 saturated carbocycles. The van der Waals surface area contributed by atoms with E-state index in [1.807, 2.05) is 43.3 Å². The van der Waals surface area contributed by atoms with E-state index in [2.05, 4.69) is 5.32 Å². The van der Waals surface area contributed by atoms with Gasteiger partial charge in [0, 0.05) is 17.0 Å². The Bertz CT molecular complexity index is 666. The number of aliphatic carboxylic acids is 1. The Morgan fingerprint density at radius 2 is 1.70 bits per heavy atom. The Hall–Kier alpha value is -2.27. The summed E-state index contributed by atoms with van der Waals surface area (Å²) in [6.45, 7) is 2.03. The predicted molar refractivity (Wildman–Crippen MR) is 92.9 cm³/mol. The van der Waals surface area contributed by atoms with Crippen molar-refractivity contribution in [1.82, 2.24) is 0 Å². The second-order valence-corrected chi connectivity index (χ2v) is 6.29. The normalized spacial score (nSPS) is 10.3. The van der Waals surface area contributed by atoms with E-state index in [1.165, 1.54) is 17.3 Å². The van der Waals surface area contributed by atoms with Gasteiger partial charge in [-0.05, 0) is 43.2 Å². The topological polar surface area (TPSA) is 66.4 Å². The van der Waals surface area contributed by atoms with Crippen LogP contribution in [0.5, 0.6) is 0 Å². The SMILES string of the molecule is Cc1ccc(SCC(=O)Nc2ccc(CCC(=O)O)cc2)cc1. The maximum Gasteiger partial charge on any atom is 0.303 e. The maximum absolute atomic E-state index is 11.9. The standard InChI is InChI=1S/C18H19NO3S/c1-13-2-9-16(10-3-13)23-12-17(20)19-15-7-4-14(5-8-15)6-11-18(21)22/h2-5,7-10H,6,11-12H2,1H3,(H,19,20)(H,21,22). The number of carboxylic acids is 1. The molecule has 0 unspecified atom stereocenters. The van der Waals surface area contributed by atoms with Gasteiger partial charge >= 0.3 is 5.97 Å². The van der Waals surface area contributed by atoms with Gasteiger partial charge in [-0.1, -0.05) is 29.8 Å². The summed E-state index contributed by atoms with van der Waals surface area (Å²) < 4.78 is 0. The molecular formula is C18H19NO3S. The fraction of sp³-hybridized carbons (Fsp3) is 0.222. The van der Waals surface area contributed by atoms with Crippen LogP contribution in [0.15, 0.2) is 53.4 Å². The van der Waals surface area contributed by atoms with Crippen molar-refractivity contribution in [3.63, 3.8) is 0 Å². The summed E-state index contributed by atoms with van der Waals surface area (Å²) in [6, 6.07) is 15.3. The molecular weight excluding hydrogens is 310 g/mol. The largest absolute Gasteiger partial charge is 0.481 e. The third kappa shape index (κ3) is 6.16. The number of hydrogen-bond donors (Lipinski definition) is 2. The molecule has 0 radical (unpaired) electrons. The summed E-state index contributed by atoms with van der Waals surface area (Å²) in [5.41, 5.74) is 2.86. The summed E-state index contributed by atoms with van der Waals surface area (Å²) >= 11 is 1.49. The Morgan fingerprint density at radius 1 is 1.04 bits per heavy atom. The number of anilines is 1. The van der Waals surface area contributed by atoms with Crippen LogP contribution in [0.1, 0.15) is 17.5 Å². The molecule has 0 aliphatic heterocycles. The van der Waals surface area contributed by atoms with Crippen molar-refractivity contribution in [1.29, 1.82) is 0 Å². The zero-order valence-electron chi connectivity index (χ0n) is 12.9. The second kappa shape index (κ2) is 8.39. The quantitative estimate of drug-likeness (QED) is 0.759. The number of benzene rings is 2. The van der Waals surface area contributed by atoms with Crippen LogP contribution in [-0.4, -0.2) is 22.7 Å². The lowest BCUT2D eigenvalue weighted by Crippen LogP contribution is -2.13. The molecule has 2 rings (SSSR count). The third-order valence-corrected chi connectivity index (χ3v) is 4.27. The molecule has 23 heavy (non-hydrogen) atoms. The minimum absolute atomic E-state index is 0.0612. The number of aryl methyl sites for hydroxylation is 2. The molecule has 120 valence electrons. The zero-order chi connectivity index (χ0) is 16.7. The van der Waals surface area contributed by atoms with Crippen LogP contribution in [0, 0.1) is 6.92 Å². The third-order valence-electron chi connectivity index (χ3n) is 3.26. The van der Waals surface area contributed by atoms with Crippen molar-refractivity contribution in [2.45, 2.75) is 24.7 Å². The fourth-order valence-electron chi connectivity index (χ4n) is 1.99. The van der Waals surface area contributed by atoms with Gasteiger partial charge in [-0.3, -0.25) is 9.59 Å². The van der Waals surface area contributed by atoms with Crippen LogP contribution in [0.4, 0.5) is 5.69 Å². The maximum atomic E-state index is 11.9. The molecule has 2 N–H and O–H groups in total. The summed E-state index contributed by atoms with van der Waals surface area (Å²) in [5.74, 6) is -0.520. The van der Waals surface area contributed by atoms with Gasteiger partial charge in [0.05, 0.1) is 5.75 Å². The van der Waals surface area contributed by atoms with Gasteiger partial charge in [0.2, 0.25) is 5.91 Å². The number of carbonyl (C=O) groups is 2. The highest BCUT2D eigenvalue weighted by atomic mass is 32.2. The van der Waals surface area contributed by atoms with E-state index < -0.39 is 5.97 Å². The van der Waals surface area contributed by atoms with Crippen molar-refractivity contribution in [3.05, 3.63) is 59.7 Å². The number of carboxylic acid groups (broad SMARTS) is 1.